The maximum atomic E-state index is 5.64. The summed E-state index contributed by atoms with van der Waals surface area (Å²) in [5, 5.41) is 3.02. The van der Waals surface area contributed by atoms with Gasteiger partial charge in [-0.2, -0.15) is 0 Å². The smallest absolute Gasteiger partial charge is 0.119 e. The Morgan fingerprint density at radius 1 is 1.35 bits per heavy atom. The van der Waals surface area contributed by atoms with Crippen molar-refractivity contribution in [3.63, 3.8) is 0 Å². The number of nitrogens with one attached hydrogen (secondary N) is 1. The fourth-order valence-electron chi connectivity index (χ4n) is 1.44. The lowest BCUT2D eigenvalue weighted by atomic mass is 10.2. The second-order valence-electron chi connectivity index (χ2n) is 3.62. The summed E-state index contributed by atoms with van der Waals surface area (Å²) in [4.78, 5) is 4.23. The molecule has 3 N–H and O–H groups in total. The van der Waals surface area contributed by atoms with Crippen LogP contribution >= 0.6 is 11.3 Å². The molecule has 0 aliphatic heterocycles. The van der Waals surface area contributed by atoms with Gasteiger partial charge in [-0.25, -0.2) is 4.98 Å². The minimum absolute atomic E-state index is 0.0707. The summed E-state index contributed by atoms with van der Waals surface area (Å²) >= 11 is 1.63. The van der Waals surface area contributed by atoms with Gasteiger partial charge in [0.2, 0.25) is 0 Å². The van der Waals surface area contributed by atoms with Gasteiger partial charge in [-0.15, -0.1) is 11.3 Å². The minimum Gasteiger partial charge on any atom is -0.492 e. The molecule has 0 aliphatic rings. The topological polar surface area (TPSA) is 60.2 Å². The molecule has 1 aromatic carbocycles. The summed E-state index contributed by atoms with van der Waals surface area (Å²) in [7, 11) is 0. The quantitative estimate of drug-likeness (QED) is 0.603. The van der Waals surface area contributed by atoms with E-state index in [4.69, 9.17) is 10.6 Å². The summed E-state index contributed by atoms with van der Waals surface area (Å²) in [6.07, 6.45) is 2.58. The van der Waals surface area contributed by atoms with Crippen LogP contribution in [0.4, 0.5) is 0 Å². The summed E-state index contributed by atoms with van der Waals surface area (Å²) in [5.74, 6) is 6.35. The number of nitrogens with zero attached hydrogens (tertiary/aromatic N) is 1. The van der Waals surface area contributed by atoms with E-state index >= 15 is 0 Å². The number of para-hydroxylation sites is 1. The number of hydrogen-bond donors (Lipinski definition) is 2. The average Bonchev–Trinajstić information content (AvgIpc) is 2.88. The van der Waals surface area contributed by atoms with Crippen molar-refractivity contribution in [3.8, 4) is 5.75 Å². The summed E-state index contributed by atoms with van der Waals surface area (Å²) in [5.41, 5.74) is 2.75. The van der Waals surface area contributed by atoms with Crippen LogP contribution in [0.15, 0.2) is 41.9 Å². The van der Waals surface area contributed by atoms with Gasteiger partial charge in [0.25, 0.3) is 0 Å². The van der Waals surface area contributed by atoms with Crippen LogP contribution in [0, 0.1) is 0 Å². The van der Waals surface area contributed by atoms with E-state index < -0.39 is 0 Å². The van der Waals surface area contributed by atoms with E-state index in [0.717, 1.165) is 17.2 Å². The zero-order chi connectivity index (χ0) is 11.9. The van der Waals surface area contributed by atoms with Crippen molar-refractivity contribution >= 4 is 11.3 Å². The third-order valence-corrected chi connectivity index (χ3v) is 3.14. The highest BCUT2D eigenvalue weighted by Crippen LogP contribution is 2.11. The SMILES string of the molecule is NNC(COc1ccccc1)Cc1nccs1. The minimum atomic E-state index is 0.0707. The highest BCUT2D eigenvalue weighted by Gasteiger charge is 2.10. The number of hydrazine groups is 1. The molecule has 0 amide bonds. The Morgan fingerprint density at radius 3 is 2.82 bits per heavy atom. The maximum Gasteiger partial charge on any atom is 0.119 e. The molecule has 1 aromatic heterocycles. The second-order valence-corrected chi connectivity index (χ2v) is 4.60. The van der Waals surface area contributed by atoms with Gasteiger partial charge in [0.05, 0.1) is 11.0 Å². The van der Waals surface area contributed by atoms with Gasteiger partial charge < -0.3 is 4.74 Å². The molecule has 90 valence electrons. The van der Waals surface area contributed by atoms with E-state index in [2.05, 4.69) is 10.4 Å². The molecule has 4 nitrogen and oxygen atoms in total. The highest BCUT2D eigenvalue weighted by molar-refractivity contribution is 7.09. The summed E-state index contributed by atoms with van der Waals surface area (Å²) in [6.45, 7) is 0.528. The van der Waals surface area contributed by atoms with Crippen LogP contribution < -0.4 is 16.0 Å². The highest BCUT2D eigenvalue weighted by atomic mass is 32.1. The number of nitrogens with two attached hydrogens (primary N) is 1. The number of thiazole rings is 1. The first-order chi connectivity index (χ1) is 8.38. The molecule has 5 heteroatoms. The maximum absolute atomic E-state index is 5.64. The largest absolute Gasteiger partial charge is 0.492 e. The zero-order valence-corrected chi connectivity index (χ0v) is 10.2. The summed E-state index contributed by atoms with van der Waals surface area (Å²) < 4.78 is 5.64. The molecule has 1 heterocycles. The number of benzene rings is 1. The van der Waals surface area contributed by atoms with Crippen molar-refractivity contribution in [2.45, 2.75) is 12.5 Å². The van der Waals surface area contributed by atoms with E-state index in [-0.39, 0.29) is 6.04 Å². The number of aromatic nitrogens is 1. The van der Waals surface area contributed by atoms with E-state index in [9.17, 15) is 0 Å². The number of hydrogen-bond acceptors (Lipinski definition) is 5. The second kappa shape index (κ2) is 6.34. The third kappa shape index (κ3) is 3.81. The molecule has 0 fully saturated rings. The molecule has 0 saturated heterocycles. The molecule has 0 bridgehead atoms. The van der Waals surface area contributed by atoms with E-state index in [1.807, 2.05) is 35.7 Å². The molecule has 0 radical (unpaired) electrons. The van der Waals surface area contributed by atoms with Crippen molar-refractivity contribution in [2.24, 2.45) is 5.84 Å². The van der Waals surface area contributed by atoms with Crippen LogP contribution in [0.3, 0.4) is 0 Å². The molecule has 0 spiro atoms. The summed E-state index contributed by atoms with van der Waals surface area (Å²) in [6, 6.07) is 9.78. The molecule has 0 aliphatic carbocycles. The lowest BCUT2D eigenvalue weighted by Gasteiger charge is -2.15. The molecule has 1 unspecified atom stereocenters. The Morgan fingerprint density at radius 2 is 2.18 bits per heavy atom. The zero-order valence-electron chi connectivity index (χ0n) is 9.37. The fraction of sp³-hybridized carbons (Fsp3) is 0.250. The monoisotopic (exact) mass is 249 g/mol. The van der Waals surface area contributed by atoms with Crippen LogP contribution in [0.5, 0.6) is 5.75 Å². The van der Waals surface area contributed by atoms with Crippen molar-refractivity contribution in [1.29, 1.82) is 0 Å². The molecule has 0 saturated carbocycles. The van der Waals surface area contributed by atoms with Gasteiger partial charge in [0.1, 0.15) is 12.4 Å². The number of ether oxygens (including phenoxy) is 1. The Bertz CT molecular complexity index is 419. The van der Waals surface area contributed by atoms with Crippen molar-refractivity contribution in [1.82, 2.24) is 10.4 Å². The van der Waals surface area contributed by atoms with Crippen molar-refractivity contribution < 1.29 is 4.74 Å². The first-order valence-electron chi connectivity index (χ1n) is 5.41. The van der Waals surface area contributed by atoms with E-state index in [1.54, 1.807) is 17.5 Å². The predicted octanol–water partition coefficient (Wildman–Crippen LogP) is 1.60. The Balaban J connectivity index is 1.84. The van der Waals surface area contributed by atoms with Crippen LogP contribution in [0.1, 0.15) is 5.01 Å². The lowest BCUT2D eigenvalue weighted by Crippen LogP contribution is -2.41. The van der Waals surface area contributed by atoms with Crippen LogP contribution in [-0.2, 0) is 6.42 Å². The molecular weight excluding hydrogens is 234 g/mol. The average molecular weight is 249 g/mol. The first kappa shape index (κ1) is 12.0. The van der Waals surface area contributed by atoms with Crippen LogP contribution in [0.2, 0.25) is 0 Å². The Labute approximate surface area is 104 Å². The van der Waals surface area contributed by atoms with Gasteiger partial charge in [-0.3, -0.25) is 11.3 Å². The lowest BCUT2D eigenvalue weighted by molar-refractivity contribution is 0.264. The van der Waals surface area contributed by atoms with E-state index in [0.29, 0.717) is 6.61 Å². The Hall–Kier alpha value is -1.43. The fourth-order valence-corrected chi connectivity index (χ4v) is 2.14. The van der Waals surface area contributed by atoms with Crippen LogP contribution in [0.25, 0.3) is 0 Å². The van der Waals surface area contributed by atoms with Crippen molar-refractivity contribution in [3.05, 3.63) is 46.9 Å². The van der Waals surface area contributed by atoms with Crippen molar-refractivity contribution in [2.75, 3.05) is 6.61 Å². The molecular formula is C12H15N3OS. The van der Waals surface area contributed by atoms with Gasteiger partial charge >= 0.3 is 0 Å². The van der Waals surface area contributed by atoms with Gasteiger partial charge in [-0.1, -0.05) is 18.2 Å². The third-order valence-electron chi connectivity index (χ3n) is 2.33. The van der Waals surface area contributed by atoms with E-state index in [1.165, 1.54) is 0 Å². The standard InChI is InChI=1S/C12H15N3OS/c13-15-10(8-12-14-6-7-17-12)9-16-11-4-2-1-3-5-11/h1-7,10,15H,8-9,13H2. The molecule has 2 rings (SSSR count). The van der Waals surface area contributed by atoms with Gasteiger partial charge in [0.15, 0.2) is 0 Å². The van der Waals surface area contributed by atoms with Crippen LogP contribution in [-0.4, -0.2) is 17.6 Å². The Kier molecular flexibility index (Phi) is 4.49. The number of rotatable bonds is 6. The van der Waals surface area contributed by atoms with Gasteiger partial charge in [-0.05, 0) is 12.1 Å². The molecule has 2 aromatic rings. The molecule has 17 heavy (non-hydrogen) atoms. The molecule has 1 atom stereocenters. The normalized spacial score (nSPS) is 12.3. The van der Waals surface area contributed by atoms with Gasteiger partial charge in [0, 0.05) is 18.0 Å². The predicted molar refractivity (Wildman–Crippen MR) is 68.9 cm³/mol. The first-order valence-corrected chi connectivity index (χ1v) is 6.29.